The largest absolute Gasteiger partial charge is 0.471 e. The lowest BCUT2D eigenvalue weighted by atomic mass is 11.6. The number of aliphatic hydroxyl groups excluding tert-OH is 1. The summed E-state index contributed by atoms with van der Waals surface area (Å²) in [6.07, 6.45) is 0. The van der Waals surface area contributed by atoms with Gasteiger partial charge in [0.2, 0.25) is 0 Å². The van der Waals surface area contributed by atoms with Crippen LogP contribution >= 0.6 is 7.82 Å². The van der Waals surface area contributed by atoms with Gasteiger partial charge in [0.05, 0.1) is 0 Å². The van der Waals surface area contributed by atoms with Crippen LogP contribution in [0.4, 0.5) is 0 Å². The van der Waals surface area contributed by atoms with Gasteiger partial charge >= 0.3 is 7.82 Å². The summed E-state index contributed by atoms with van der Waals surface area (Å²) < 4.78 is 13.0. The number of aliphatic hydroxyl groups is 1. The van der Waals surface area contributed by atoms with E-state index in [0.717, 1.165) is 0 Å². The Morgan fingerprint density at radius 3 is 1.67 bits per heavy atom. The van der Waals surface area contributed by atoms with Crippen molar-refractivity contribution in [1.29, 1.82) is 0 Å². The molecule has 0 bridgehead atoms. The highest BCUT2D eigenvalue weighted by molar-refractivity contribution is 7.46. The van der Waals surface area contributed by atoms with Crippen LogP contribution in [0.15, 0.2) is 0 Å². The highest BCUT2D eigenvalue weighted by Gasteiger charge is 2.10. The third-order valence-electron chi connectivity index (χ3n) is 0.226. The highest BCUT2D eigenvalue weighted by atomic mass is 31.2. The molecule has 7 nitrogen and oxygen atoms in total. The predicted octanol–water partition coefficient (Wildman–Crippen LogP) is -0.631. The Labute approximate surface area is 52.1 Å². The van der Waals surface area contributed by atoms with E-state index in [1.807, 2.05) is 0 Å². The zero-order chi connectivity index (χ0) is 5.91. The molecule has 0 spiro atoms. The molecule has 8 heteroatoms. The van der Waals surface area contributed by atoms with Crippen LogP contribution in [0.1, 0.15) is 0 Å². The lowest BCUT2D eigenvalue weighted by Crippen LogP contribution is -1.87. The standard InChI is InChI=1S/CH5O5P.2H3N/c2-1-6-7(3,4)5;;/h2H,1H2,(H2,3,4,5);2*1H3. The fourth-order valence-electron chi connectivity index (χ4n) is 0.0752. The zero-order valence-electron chi connectivity index (χ0n) is 4.73. The Balaban J connectivity index is -0.000000180. The molecule has 0 atom stereocenters. The van der Waals surface area contributed by atoms with E-state index in [4.69, 9.17) is 14.9 Å². The van der Waals surface area contributed by atoms with Gasteiger partial charge in [-0.25, -0.2) is 4.57 Å². The number of hydrogen-bond donors (Lipinski definition) is 5. The summed E-state index contributed by atoms with van der Waals surface area (Å²) in [5, 5.41) is 7.69. The Bertz CT molecular complexity index is 89.0. The Kier molecular flexibility index (Phi) is 10.9. The lowest BCUT2D eigenvalue weighted by Gasteiger charge is -1.97. The quantitative estimate of drug-likeness (QED) is 0.267. The maximum absolute atomic E-state index is 9.54. The van der Waals surface area contributed by atoms with Gasteiger partial charge in [0.15, 0.2) is 6.79 Å². The fourth-order valence-corrected chi connectivity index (χ4v) is 0.226. The van der Waals surface area contributed by atoms with E-state index in [0.29, 0.717) is 0 Å². The second kappa shape index (κ2) is 6.12. The van der Waals surface area contributed by atoms with Crippen molar-refractivity contribution in [2.45, 2.75) is 0 Å². The highest BCUT2D eigenvalue weighted by Crippen LogP contribution is 2.34. The molecule has 0 amide bonds. The summed E-state index contributed by atoms with van der Waals surface area (Å²) >= 11 is 0. The van der Waals surface area contributed by atoms with Gasteiger partial charge < -0.3 is 27.2 Å². The van der Waals surface area contributed by atoms with E-state index in [1.54, 1.807) is 0 Å². The smallest absolute Gasteiger partial charge is 0.370 e. The number of rotatable bonds is 2. The van der Waals surface area contributed by atoms with Gasteiger partial charge in [-0.2, -0.15) is 0 Å². The van der Waals surface area contributed by atoms with Crippen LogP contribution in [-0.4, -0.2) is 21.7 Å². The average molecular weight is 162 g/mol. The van der Waals surface area contributed by atoms with Gasteiger partial charge in [-0.3, -0.25) is 4.52 Å². The first-order valence-corrected chi connectivity index (χ1v) is 2.90. The summed E-state index contributed by atoms with van der Waals surface area (Å²) in [7, 11) is -4.42. The molecule has 0 saturated heterocycles. The van der Waals surface area contributed by atoms with Crippen molar-refractivity contribution in [3.05, 3.63) is 0 Å². The van der Waals surface area contributed by atoms with Crippen LogP contribution in [0, 0.1) is 0 Å². The van der Waals surface area contributed by atoms with Crippen molar-refractivity contribution in [3.63, 3.8) is 0 Å². The molecule has 0 aliphatic rings. The molecule has 0 aromatic carbocycles. The minimum absolute atomic E-state index is 0. The summed E-state index contributed by atoms with van der Waals surface area (Å²) in [5.41, 5.74) is 0. The molecule has 0 radical (unpaired) electrons. The first kappa shape index (κ1) is 16.0. The van der Waals surface area contributed by atoms with Crippen molar-refractivity contribution >= 4 is 7.82 Å². The molecule has 60 valence electrons. The molecular formula is CH11N2O5P. The van der Waals surface area contributed by atoms with Gasteiger partial charge in [-0.15, -0.1) is 0 Å². The second-order valence-electron chi connectivity index (χ2n) is 0.749. The first-order valence-electron chi connectivity index (χ1n) is 1.37. The number of hydrogen-bond acceptors (Lipinski definition) is 5. The van der Waals surface area contributed by atoms with E-state index in [2.05, 4.69) is 4.52 Å². The summed E-state index contributed by atoms with van der Waals surface area (Å²) in [4.78, 5) is 15.5. The molecule has 0 saturated carbocycles. The van der Waals surface area contributed by atoms with Gasteiger partial charge in [0.1, 0.15) is 0 Å². The van der Waals surface area contributed by atoms with Crippen LogP contribution < -0.4 is 12.3 Å². The van der Waals surface area contributed by atoms with E-state index in [1.165, 1.54) is 0 Å². The van der Waals surface area contributed by atoms with Crippen molar-refractivity contribution in [3.8, 4) is 0 Å². The average Bonchev–Trinajstić information content (AvgIpc) is 1.30. The maximum Gasteiger partial charge on any atom is 0.471 e. The lowest BCUT2D eigenvalue weighted by molar-refractivity contribution is 0.0659. The SMILES string of the molecule is N.N.O=P(O)(O)OCO. The molecule has 0 fully saturated rings. The molecule has 0 heterocycles. The van der Waals surface area contributed by atoms with E-state index in [9.17, 15) is 4.57 Å². The van der Waals surface area contributed by atoms with E-state index in [-0.39, 0.29) is 12.3 Å². The van der Waals surface area contributed by atoms with Gasteiger partial charge in [0, 0.05) is 0 Å². The molecule has 9 heavy (non-hydrogen) atoms. The predicted molar refractivity (Wildman–Crippen MR) is 30.3 cm³/mol. The van der Waals surface area contributed by atoms with E-state index >= 15 is 0 Å². The molecule has 0 aromatic heterocycles. The normalized spacial score (nSPS) is 9.22. The summed E-state index contributed by atoms with van der Waals surface area (Å²) in [6, 6.07) is 0. The Morgan fingerprint density at radius 2 is 1.67 bits per heavy atom. The molecule has 0 aromatic rings. The van der Waals surface area contributed by atoms with Gasteiger partial charge in [0.25, 0.3) is 0 Å². The van der Waals surface area contributed by atoms with Crippen LogP contribution in [0.3, 0.4) is 0 Å². The van der Waals surface area contributed by atoms with Crippen LogP contribution in [0.2, 0.25) is 0 Å². The van der Waals surface area contributed by atoms with Gasteiger partial charge in [-0.05, 0) is 0 Å². The minimum atomic E-state index is -4.42. The molecule has 0 rings (SSSR count). The molecule has 9 N–H and O–H groups in total. The fraction of sp³-hybridized carbons (Fsp3) is 1.00. The summed E-state index contributed by atoms with van der Waals surface area (Å²) in [6.45, 7) is -0.954. The Morgan fingerprint density at radius 1 is 1.33 bits per heavy atom. The van der Waals surface area contributed by atoms with Crippen molar-refractivity contribution < 1.29 is 24.0 Å². The monoisotopic (exact) mass is 162 g/mol. The third-order valence-corrected chi connectivity index (χ3v) is 0.678. The first-order chi connectivity index (χ1) is 3.06. The van der Waals surface area contributed by atoms with Crippen molar-refractivity contribution in [2.24, 2.45) is 0 Å². The topological polar surface area (TPSA) is 157 Å². The number of phosphoric acid groups is 1. The molecule has 0 unspecified atom stereocenters. The maximum atomic E-state index is 9.54. The van der Waals surface area contributed by atoms with Crippen molar-refractivity contribution in [1.82, 2.24) is 12.3 Å². The minimum Gasteiger partial charge on any atom is -0.370 e. The van der Waals surface area contributed by atoms with Crippen LogP contribution in [0.25, 0.3) is 0 Å². The van der Waals surface area contributed by atoms with Crippen molar-refractivity contribution in [2.75, 3.05) is 6.79 Å². The number of phosphoric ester groups is 1. The van der Waals surface area contributed by atoms with Crippen LogP contribution in [0.5, 0.6) is 0 Å². The second-order valence-corrected chi connectivity index (χ2v) is 1.99. The Hall–Kier alpha value is -0.0100. The van der Waals surface area contributed by atoms with E-state index < -0.39 is 14.6 Å². The molecule has 0 aliphatic heterocycles. The van der Waals surface area contributed by atoms with Gasteiger partial charge in [-0.1, -0.05) is 0 Å². The molecular weight excluding hydrogens is 151 g/mol. The summed E-state index contributed by atoms with van der Waals surface area (Å²) in [5.74, 6) is 0. The third kappa shape index (κ3) is 18.0. The zero-order valence-corrected chi connectivity index (χ0v) is 5.62. The molecule has 0 aliphatic carbocycles. The van der Waals surface area contributed by atoms with Crippen LogP contribution in [-0.2, 0) is 9.09 Å².